The number of carbonyl (C=O) groups is 1. The average Bonchev–Trinajstić information content (AvgIpc) is 2.58. The van der Waals surface area contributed by atoms with Crippen LogP contribution in [0.25, 0.3) is 0 Å². The van der Waals surface area contributed by atoms with Crippen molar-refractivity contribution < 1.29 is 4.79 Å². The summed E-state index contributed by atoms with van der Waals surface area (Å²) in [6.07, 6.45) is 2.54. The summed E-state index contributed by atoms with van der Waals surface area (Å²) in [7, 11) is 0. The maximum absolute atomic E-state index is 12.2. The summed E-state index contributed by atoms with van der Waals surface area (Å²) in [5, 5.41) is 3.17. The molecule has 1 atom stereocenters. The van der Waals surface area contributed by atoms with Crippen molar-refractivity contribution in [2.24, 2.45) is 0 Å². The number of para-hydroxylation sites is 1. The number of anilines is 2. The van der Waals surface area contributed by atoms with Crippen LogP contribution in [0.4, 0.5) is 11.4 Å². The molecule has 120 valence electrons. The molecule has 0 aromatic heterocycles. The van der Waals surface area contributed by atoms with Gasteiger partial charge in [0, 0.05) is 30.5 Å². The number of rotatable bonds is 4. The first kappa shape index (κ1) is 15.4. The molecule has 0 spiro atoms. The molecule has 1 amide bonds. The molecule has 3 rings (SSSR count). The Morgan fingerprint density at radius 2 is 1.87 bits per heavy atom. The van der Waals surface area contributed by atoms with Crippen LogP contribution in [-0.4, -0.2) is 25.0 Å². The molecule has 1 aliphatic heterocycles. The SMILES string of the molecule is Nc1ccc(CC(=O)NC2CCCN(c3ccccc3)C2)cc1. The van der Waals surface area contributed by atoms with Crippen molar-refractivity contribution in [1.29, 1.82) is 0 Å². The highest BCUT2D eigenvalue weighted by Gasteiger charge is 2.21. The molecular weight excluding hydrogens is 286 g/mol. The summed E-state index contributed by atoms with van der Waals surface area (Å²) in [5.41, 5.74) is 8.61. The molecule has 1 unspecified atom stereocenters. The molecule has 0 aliphatic carbocycles. The molecule has 2 aromatic rings. The first-order chi connectivity index (χ1) is 11.2. The van der Waals surface area contributed by atoms with Gasteiger partial charge in [0.25, 0.3) is 0 Å². The van der Waals surface area contributed by atoms with Gasteiger partial charge in [-0.25, -0.2) is 0 Å². The first-order valence-electron chi connectivity index (χ1n) is 8.14. The number of carbonyl (C=O) groups excluding carboxylic acids is 1. The summed E-state index contributed by atoms with van der Waals surface area (Å²) >= 11 is 0. The van der Waals surface area contributed by atoms with Gasteiger partial charge < -0.3 is 16.0 Å². The number of nitrogens with one attached hydrogen (secondary N) is 1. The predicted octanol–water partition coefficient (Wildman–Crippen LogP) is 2.60. The number of hydrogen-bond acceptors (Lipinski definition) is 3. The maximum Gasteiger partial charge on any atom is 0.224 e. The summed E-state index contributed by atoms with van der Waals surface area (Å²) in [6, 6.07) is 18.1. The zero-order valence-corrected chi connectivity index (χ0v) is 13.2. The Bertz CT molecular complexity index is 639. The molecule has 1 fully saturated rings. The molecule has 0 saturated carbocycles. The highest BCUT2D eigenvalue weighted by Crippen LogP contribution is 2.19. The van der Waals surface area contributed by atoms with E-state index >= 15 is 0 Å². The van der Waals surface area contributed by atoms with Gasteiger partial charge in [-0.15, -0.1) is 0 Å². The van der Waals surface area contributed by atoms with E-state index in [0.717, 1.165) is 37.2 Å². The van der Waals surface area contributed by atoms with Crippen LogP contribution in [0.3, 0.4) is 0 Å². The fraction of sp³-hybridized carbons (Fsp3) is 0.316. The lowest BCUT2D eigenvalue weighted by atomic mass is 10.0. The van der Waals surface area contributed by atoms with Crippen molar-refractivity contribution in [2.75, 3.05) is 23.7 Å². The van der Waals surface area contributed by atoms with Gasteiger partial charge in [-0.3, -0.25) is 4.79 Å². The molecule has 0 radical (unpaired) electrons. The standard InChI is InChI=1S/C19H23N3O/c20-16-10-8-15(9-11-16)13-19(23)21-17-5-4-12-22(14-17)18-6-2-1-3-7-18/h1-3,6-11,17H,4-5,12-14,20H2,(H,21,23). The summed E-state index contributed by atoms with van der Waals surface area (Å²) in [5.74, 6) is 0.0784. The number of hydrogen-bond donors (Lipinski definition) is 2. The molecule has 2 aromatic carbocycles. The Labute approximate surface area is 137 Å². The molecule has 3 N–H and O–H groups in total. The van der Waals surface area contributed by atoms with Crippen molar-refractivity contribution in [2.45, 2.75) is 25.3 Å². The third-order valence-electron chi connectivity index (χ3n) is 4.25. The van der Waals surface area contributed by atoms with Gasteiger partial charge in [-0.05, 0) is 42.7 Å². The Kier molecular flexibility index (Phi) is 4.81. The monoisotopic (exact) mass is 309 g/mol. The van der Waals surface area contributed by atoms with Gasteiger partial charge in [0.2, 0.25) is 5.91 Å². The largest absolute Gasteiger partial charge is 0.399 e. The van der Waals surface area contributed by atoms with Crippen LogP contribution < -0.4 is 16.0 Å². The normalized spacial score (nSPS) is 17.7. The Balaban J connectivity index is 1.55. The van der Waals surface area contributed by atoms with Gasteiger partial charge in [0.15, 0.2) is 0 Å². The average molecular weight is 309 g/mol. The first-order valence-corrected chi connectivity index (χ1v) is 8.14. The van der Waals surface area contributed by atoms with Crippen LogP contribution >= 0.6 is 0 Å². The Morgan fingerprint density at radius 1 is 1.13 bits per heavy atom. The fourth-order valence-electron chi connectivity index (χ4n) is 3.07. The topological polar surface area (TPSA) is 58.4 Å². The minimum Gasteiger partial charge on any atom is -0.399 e. The van der Waals surface area contributed by atoms with Crippen LogP contribution in [0.1, 0.15) is 18.4 Å². The van der Waals surface area contributed by atoms with Crippen molar-refractivity contribution in [3.05, 3.63) is 60.2 Å². The zero-order chi connectivity index (χ0) is 16.1. The summed E-state index contributed by atoms with van der Waals surface area (Å²) < 4.78 is 0. The molecule has 4 heteroatoms. The number of nitrogen functional groups attached to an aromatic ring is 1. The van der Waals surface area contributed by atoms with Crippen LogP contribution in [0, 0.1) is 0 Å². The second kappa shape index (κ2) is 7.18. The van der Waals surface area contributed by atoms with E-state index < -0.39 is 0 Å². The van der Waals surface area contributed by atoms with Crippen molar-refractivity contribution >= 4 is 17.3 Å². The predicted molar refractivity (Wildman–Crippen MR) is 94.4 cm³/mol. The quantitative estimate of drug-likeness (QED) is 0.854. The molecule has 23 heavy (non-hydrogen) atoms. The minimum absolute atomic E-state index is 0.0784. The van der Waals surface area contributed by atoms with E-state index in [1.54, 1.807) is 0 Å². The fourth-order valence-corrected chi connectivity index (χ4v) is 3.07. The maximum atomic E-state index is 12.2. The number of benzene rings is 2. The molecule has 1 heterocycles. The van der Waals surface area contributed by atoms with E-state index in [9.17, 15) is 4.79 Å². The lowest BCUT2D eigenvalue weighted by molar-refractivity contribution is -0.121. The van der Waals surface area contributed by atoms with Crippen molar-refractivity contribution in [1.82, 2.24) is 5.32 Å². The molecule has 0 bridgehead atoms. The number of piperidine rings is 1. The lowest BCUT2D eigenvalue weighted by Gasteiger charge is -2.34. The second-order valence-corrected chi connectivity index (χ2v) is 6.11. The number of amides is 1. The van der Waals surface area contributed by atoms with Crippen molar-refractivity contribution in [3.63, 3.8) is 0 Å². The highest BCUT2D eigenvalue weighted by atomic mass is 16.1. The number of nitrogens with two attached hydrogens (primary N) is 1. The van der Waals surface area contributed by atoms with Gasteiger partial charge in [-0.1, -0.05) is 30.3 Å². The Morgan fingerprint density at radius 3 is 2.61 bits per heavy atom. The molecule has 1 aliphatic rings. The smallest absolute Gasteiger partial charge is 0.224 e. The van der Waals surface area contributed by atoms with Gasteiger partial charge in [-0.2, -0.15) is 0 Å². The molecule has 1 saturated heterocycles. The van der Waals surface area contributed by atoms with Crippen LogP contribution in [0.2, 0.25) is 0 Å². The van der Waals surface area contributed by atoms with E-state index in [1.807, 2.05) is 30.3 Å². The third-order valence-corrected chi connectivity index (χ3v) is 4.25. The zero-order valence-electron chi connectivity index (χ0n) is 13.2. The van der Waals surface area contributed by atoms with Crippen molar-refractivity contribution in [3.8, 4) is 0 Å². The van der Waals surface area contributed by atoms with Crippen LogP contribution in [0.15, 0.2) is 54.6 Å². The Hall–Kier alpha value is -2.49. The second-order valence-electron chi connectivity index (χ2n) is 6.11. The van der Waals surface area contributed by atoms with E-state index in [-0.39, 0.29) is 11.9 Å². The highest BCUT2D eigenvalue weighted by molar-refractivity contribution is 5.79. The van der Waals surface area contributed by atoms with Gasteiger partial charge in [0.05, 0.1) is 6.42 Å². The summed E-state index contributed by atoms with van der Waals surface area (Å²) in [4.78, 5) is 14.6. The van der Waals surface area contributed by atoms with E-state index in [2.05, 4.69) is 34.5 Å². The van der Waals surface area contributed by atoms with E-state index in [1.165, 1.54) is 5.69 Å². The third kappa shape index (κ3) is 4.25. The lowest BCUT2D eigenvalue weighted by Crippen LogP contribution is -2.48. The van der Waals surface area contributed by atoms with Gasteiger partial charge >= 0.3 is 0 Å². The summed E-state index contributed by atoms with van der Waals surface area (Å²) in [6.45, 7) is 1.92. The van der Waals surface area contributed by atoms with E-state index in [0.29, 0.717) is 6.42 Å². The number of nitrogens with zero attached hydrogens (tertiary/aromatic N) is 1. The van der Waals surface area contributed by atoms with Crippen LogP contribution in [0.5, 0.6) is 0 Å². The molecule has 4 nitrogen and oxygen atoms in total. The van der Waals surface area contributed by atoms with Gasteiger partial charge in [0.1, 0.15) is 0 Å². The van der Waals surface area contributed by atoms with Crippen LogP contribution in [-0.2, 0) is 11.2 Å². The molecular formula is C19H23N3O. The van der Waals surface area contributed by atoms with E-state index in [4.69, 9.17) is 5.73 Å². The minimum atomic E-state index is 0.0784.